The van der Waals surface area contributed by atoms with Crippen molar-refractivity contribution < 1.29 is 4.74 Å². The Balaban J connectivity index is 1.81. The van der Waals surface area contributed by atoms with Crippen LogP contribution in [-0.2, 0) is 4.74 Å². The molecule has 0 aliphatic heterocycles. The quantitative estimate of drug-likeness (QED) is 0.686. The lowest BCUT2D eigenvalue weighted by atomic mass is 9.55. The standard InChI is InChI=1S/C19H37NO/c1-5-21-18-14-17(19(18)12-7-6-8-13-19)20-16(4)11-9-10-15(2)3/h15-18,20H,5-14H2,1-4H3. The predicted octanol–water partition coefficient (Wildman–Crippen LogP) is 4.92. The summed E-state index contributed by atoms with van der Waals surface area (Å²) >= 11 is 0. The summed E-state index contributed by atoms with van der Waals surface area (Å²) in [6, 6.07) is 1.37. The van der Waals surface area contributed by atoms with Gasteiger partial charge in [-0.2, -0.15) is 0 Å². The van der Waals surface area contributed by atoms with Crippen molar-refractivity contribution in [2.45, 2.75) is 104 Å². The summed E-state index contributed by atoms with van der Waals surface area (Å²) in [7, 11) is 0. The molecule has 124 valence electrons. The first-order valence-electron chi connectivity index (χ1n) is 9.46. The van der Waals surface area contributed by atoms with Crippen LogP contribution in [0.2, 0.25) is 0 Å². The van der Waals surface area contributed by atoms with E-state index in [1.807, 2.05) is 0 Å². The van der Waals surface area contributed by atoms with E-state index in [1.54, 1.807) is 0 Å². The average molecular weight is 296 g/mol. The molecule has 0 bridgehead atoms. The fourth-order valence-corrected chi connectivity index (χ4v) is 4.56. The summed E-state index contributed by atoms with van der Waals surface area (Å²) in [5.41, 5.74) is 0.473. The van der Waals surface area contributed by atoms with E-state index in [2.05, 4.69) is 33.0 Å². The molecule has 2 rings (SSSR count). The molecule has 2 nitrogen and oxygen atoms in total. The van der Waals surface area contributed by atoms with Crippen molar-refractivity contribution in [1.82, 2.24) is 5.32 Å². The Kier molecular flexibility index (Phi) is 6.55. The third-order valence-corrected chi connectivity index (χ3v) is 5.84. The van der Waals surface area contributed by atoms with Gasteiger partial charge in [-0.3, -0.25) is 0 Å². The molecule has 0 saturated heterocycles. The highest BCUT2D eigenvalue weighted by atomic mass is 16.5. The Morgan fingerprint density at radius 2 is 1.81 bits per heavy atom. The highest BCUT2D eigenvalue weighted by Gasteiger charge is 2.55. The van der Waals surface area contributed by atoms with Crippen LogP contribution >= 0.6 is 0 Å². The lowest BCUT2D eigenvalue weighted by Crippen LogP contribution is -2.65. The van der Waals surface area contributed by atoms with Crippen molar-refractivity contribution in [1.29, 1.82) is 0 Å². The van der Waals surface area contributed by atoms with Gasteiger partial charge in [0, 0.05) is 24.1 Å². The van der Waals surface area contributed by atoms with Crippen LogP contribution < -0.4 is 5.32 Å². The molecule has 0 aromatic rings. The normalized spacial score (nSPS) is 29.6. The van der Waals surface area contributed by atoms with Gasteiger partial charge in [-0.1, -0.05) is 46.0 Å². The number of ether oxygens (including phenoxy) is 1. The molecule has 3 atom stereocenters. The minimum absolute atomic E-state index is 0.473. The minimum atomic E-state index is 0.473. The summed E-state index contributed by atoms with van der Waals surface area (Å²) in [6.07, 6.45) is 12.8. The van der Waals surface area contributed by atoms with Gasteiger partial charge in [0.15, 0.2) is 0 Å². The third kappa shape index (κ3) is 4.22. The molecule has 0 aromatic heterocycles. The second kappa shape index (κ2) is 7.97. The van der Waals surface area contributed by atoms with Crippen molar-refractivity contribution in [3.63, 3.8) is 0 Å². The average Bonchev–Trinajstić information content (AvgIpc) is 2.46. The molecule has 0 radical (unpaired) electrons. The lowest BCUT2D eigenvalue weighted by molar-refractivity contribution is -0.151. The van der Waals surface area contributed by atoms with Crippen molar-refractivity contribution in [2.75, 3.05) is 6.61 Å². The topological polar surface area (TPSA) is 21.3 Å². The highest BCUT2D eigenvalue weighted by Crippen LogP contribution is 2.53. The Hall–Kier alpha value is -0.0800. The number of rotatable bonds is 8. The number of hydrogen-bond donors (Lipinski definition) is 1. The van der Waals surface area contributed by atoms with Crippen LogP contribution in [0.4, 0.5) is 0 Å². The van der Waals surface area contributed by atoms with Gasteiger partial charge in [0.25, 0.3) is 0 Å². The van der Waals surface area contributed by atoms with E-state index in [9.17, 15) is 0 Å². The van der Waals surface area contributed by atoms with E-state index in [4.69, 9.17) is 4.74 Å². The molecular weight excluding hydrogens is 258 g/mol. The van der Waals surface area contributed by atoms with Crippen molar-refractivity contribution in [3.05, 3.63) is 0 Å². The Morgan fingerprint density at radius 1 is 1.10 bits per heavy atom. The molecule has 0 amide bonds. The largest absolute Gasteiger partial charge is 0.378 e. The summed E-state index contributed by atoms with van der Waals surface area (Å²) < 4.78 is 6.06. The van der Waals surface area contributed by atoms with Crippen LogP contribution in [0.1, 0.15) is 85.5 Å². The number of hydrogen-bond acceptors (Lipinski definition) is 2. The SMILES string of the molecule is CCOC1CC(NC(C)CCCC(C)C)C12CCCCC2. The molecule has 0 aromatic carbocycles. The van der Waals surface area contributed by atoms with E-state index in [1.165, 1.54) is 57.8 Å². The van der Waals surface area contributed by atoms with Crippen LogP contribution in [0.5, 0.6) is 0 Å². The second-order valence-corrected chi connectivity index (χ2v) is 7.92. The fourth-order valence-electron chi connectivity index (χ4n) is 4.56. The van der Waals surface area contributed by atoms with E-state index in [0.29, 0.717) is 23.6 Å². The van der Waals surface area contributed by atoms with Gasteiger partial charge in [0.1, 0.15) is 0 Å². The van der Waals surface area contributed by atoms with Gasteiger partial charge >= 0.3 is 0 Å². The number of nitrogens with one attached hydrogen (secondary N) is 1. The molecule has 2 aliphatic rings. The molecular formula is C19H37NO. The molecule has 0 heterocycles. The fraction of sp³-hybridized carbons (Fsp3) is 1.00. The second-order valence-electron chi connectivity index (χ2n) is 7.92. The first-order chi connectivity index (χ1) is 10.1. The Labute approximate surface area is 132 Å². The molecule has 3 unspecified atom stereocenters. The maximum absolute atomic E-state index is 6.06. The first kappa shape index (κ1) is 17.3. The van der Waals surface area contributed by atoms with Gasteiger partial charge in [0.2, 0.25) is 0 Å². The first-order valence-corrected chi connectivity index (χ1v) is 9.46. The van der Waals surface area contributed by atoms with E-state index < -0.39 is 0 Å². The van der Waals surface area contributed by atoms with Crippen LogP contribution in [0.3, 0.4) is 0 Å². The van der Waals surface area contributed by atoms with Crippen molar-refractivity contribution >= 4 is 0 Å². The lowest BCUT2D eigenvalue weighted by Gasteiger charge is -2.58. The van der Waals surface area contributed by atoms with Gasteiger partial charge in [-0.15, -0.1) is 0 Å². The zero-order valence-corrected chi connectivity index (χ0v) is 14.8. The summed E-state index contributed by atoms with van der Waals surface area (Å²) in [5.74, 6) is 0.841. The minimum Gasteiger partial charge on any atom is -0.378 e. The van der Waals surface area contributed by atoms with Gasteiger partial charge in [-0.25, -0.2) is 0 Å². The van der Waals surface area contributed by atoms with Crippen LogP contribution in [0.15, 0.2) is 0 Å². The molecule has 2 fully saturated rings. The zero-order chi connectivity index (χ0) is 15.3. The smallest absolute Gasteiger partial charge is 0.0661 e. The van der Waals surface area contributed by atoms with Crippen molar-refractivity contribution in [3.8, 4) is 0 Å². The molecule has 2 aliphatic carbocycles. The zero-order valence-electron chi connectivity index (χ0n) is 14.8. The van der Waals surface area contributed by atoms with Crippen molar-refractivity contribution in [2.24, 2.45) is 11.3 Å². The molecule has 1 spiro atoms. The molecule has 1 N–H and O–H groups in total. The van der Waals surface area contributed by atoms with Gasteiger partial charge in [-0.05, 0) is 45.4 Å². The maximum Gasteiger partial charge on any atom is 0.0661 e. The predicted molar refractivity (Wildman–Crippen MR) is 90.6 cm³/mol. The monoisotopic (exact) mass is 295 g/mol. The maximum atomic E-state index is 6.06. The van der Waals surface area contributed by atoms with E-state index in [-0.39, 0.29) is 0 Å². The van der Waals surface area contributed by atoms with Gasteiger partial charge in [0.05, 0.1) is 6.10 Å². The van der Waals surface area contributed by atoms with E-state index in [0.717, 1.165) is 12.5 Å². The van der Waals surface area contributed by atoms with E-state index >= 15 is 0 Å². The van der Waals surface area contributed by atoms with Gasteiger partial charge < -0.3 is 10.1 Å². The molecule has 2 heteroatoms. The summed E-state index contributed by atoms with van der Waals surface area (Å²) in [4.78, 5) is 0. The van der Waals surface area contributed by atoms with Crippen LogP contribution in [0.25, 0.3) is 0 Å². The van der Waals surface area contributed by atoms with Crippen LogP contribution in [0, 0.1) is 11.3 Å². The molecule has 21 heavy (non-hydrogen) atoms. The van der Waals surface area contributed by atoms with Crippen LogP contribution in [-0.4, -0.2) is 24.8 Å². The summed E-state index contributed by atoms with van der Waals surface area (Å²) in [6.45, 7) is 10.1. The Bertz CT molecular complexity index is 296. The summed E-state index contributed by atoms with van der Waals surface area (Å²) in [5, 5.41) is 3.96. The third-order valence-electron chi connectivity index (χ3n) is 5.84. The Morgan fingerprint density at radius 3 is 2.43 bits per heavy atom. The highest BCUT2D eigenvalue weighted by molar-refractivity contribution is 5.09. The molecule has 2 saturated carbocycles.